The Morgan fingerprint density at radius 3 is 2.69 bits per heavy atom. The third-order valence-electron chi connectivity index (χ3n) is 2.33. The van der Waals surface area contributed by atoms with Gasteiger partial charge in [0.05, 0.1) is 0 Å². The summed E-state index contributed by atoms with van der Waals surface area (Å²) in [6.07, 6.45) is 5.93. The van der Waals surface area contributed by atoms with Crippen LogP contribution in [0.5, 0.6) is 0 Å². The Hall–Kier alpha value is -0.250. The van der Waals surface area contributed by atoms with Crippen molar-refractivity contribution in [3.8, 4) is 0 Å². The first-order valence-electron chi connectivity index (χ1n) is 4.71. The van der Waals surface area contributed by atoms with E-state index >= 15 is 0 Å². The first-order valence-corrected chi connectivity index (χ1v) is 5.15. The van der Waals surface area contributed by atoms with Crippen molar-refractivity contribution in [1.82, 2.24) is 4.90 Å². The molecule has 0 aromatic carbocycles. The van der Waals surface area contributed by atoms with Crippen LogP contribution in [0.1, 0.15) is 12.8 Å². The molecule has 0 unspecified atom stereocenters. The second kappa shape index (κ2) is 5.47. The summed E-state index contributed by atoms with van der Waals surface area (Å²) in [7, 11) is 0. The molecule has 1 heterocycles. The Balaban J connectivity index is 2.30. The van der Waals surface area contributed by atoms with Crippen LogP contribution in [-0.2, 0) is 0 Å². The van der Waals surface area contributed by atoms with Gasteiger partial charge in [0, 0.05) is 12.6 Å². The highest BCUT2D eigenvalue weighted by molar-refractivity contribution is 7.84. The lowest BCUT2D eigenvalue weighted by Gasteiger charge is -2.29. The molecule has 0 spiro atoms. The first kappa shape index (κ1) is 10.8. The van der Waals surface area contributed by atoms with Crippen molar-refractivity contribution in [3.05, 3.63) is 23.6 Å². The van der Waals surface area contributed by atoms with E-state index in [2.05, 4.69) is 24.1 Å². The van der Waals surface area contributed by atoms with Crippen molar-refractivity contribution in [3.63, 3.8) is 0 Å². The first-order chi connectivity index (χ1) is 6.22. The zero-order chi connectivity index (χ0) is 9.68. The van der Waals surface area contributed by atoms with Gasteiger partial charge in [0.25, 0.3) is 0 Å². The fraction of sp³-hybridized carbons (Fsp3) is 0.600. The number of thiol groups is 1. The monoisotopic (exact) mass is 198 g/mol. The van der Waals surface area contributed by atoms with E-state index in [0.29, 0.717) is 6.04 Å². The largest absolute Gasteiger partial charge is 0.328 e. The normalized spacial score (nSPS) is 21.8. The molecule has 1 aliphatic heterocycles. The Morgan fingerprint density at radius 2 is 2.15 bits per heavy atom. The van der Waals surface area contributed by atoms with E-state index in [1.807, 2.05) is 6.08 Å². The molecule has 0 aromatic heterocycles. The molecule has 0 bridgehead atoms. The van der Waals surface area contributed by atoms with Gasteiger partial charge >= 0.3 is 0 Å². The van der Waals surface area contributed by atoms with Crippen LogP contribution in [0.15, 0.2) is 23.6 Å². The summed E-state index contributed by atoms with van der Waals surface area (Å²) in [6, 6.07) is 0.406. The molecular formula is C10H18N2S. The van der Waals surface area contributed by atoms with Gasteiger partial charge in [-0.3, -0.25) is 4.90 Å². The SMILES string of the molecule is C=C/C=C(\S)CN1CCC(N)CC1. The molecule has 3 heteroatoms. The molecule has 1 rings (SSSR count). The zero-order valence-corrected chi connectivity index (χ0v) is 8.84. The fourth-order valence-corrected chi connectivity index (χ4v) is 1.83. The van der Waals surface area contributed by atoms with E-state index in [1.165, 1.54) is 0 Å². The second-order valence-corrected chi connectivity index (χ2v) is 4.08. The summed E-state index contributed by atoms with van der Waals surface area (Å²) < 4.78 is 0. The number of nitrogens with two attached hydrogens (primary N) is 1. The molecular weight excluding hydrogens is 180 g/mol. The van der Waals surface area contributed by atoms with Crippen molar-refractivity contribution >= 4 is 12.6 Å². The zero-order valence-electron chi connectivity index (χ0n) is 7.95. The van der Waals surface area contributed by atoms with Crippen molar-refractivity contribution < 1.29 is 0 Å². The minimum Gasteiger partial charge on any atom is -0.328 e. The minimum atomic E-state index is 0.406. The maximum Gasteiger partial charge on any atom is 0.0291 e. The molecule has 1 saturated heterocycles. The topological polar surface area (TPSA) is 29.3 Å². The molecule has 0 radical (unpaired) electrons. The molecule has 0 amide bonds. The predicted molar refractivity (Wildman–Crippen MR) is 60.9 cm³/mol. The van der Waals surface area contributed by atoms with Crippen molar-refractivity contribution in [2.45, 2.75) is 18.9 Å². The Kier molecular flexibility index (Phi) is 4.56. The van der Waals surface area contributed by atoms with E-state index in [0.717, 1.165) is 37.4 Å². The van der Waals surface area contributed by atoms with Gasteiger partial charge in [0.15, 0.2) is 0 Å². The van der Waals surface area contributed by atoms with Crippen LogP contribution in [0.3, 0.4) is 0 Å². The lowest BCUT2D eigenvalue weighted by molar-refractivity contribution is 0.232. The van der Waals surface area contributed by atoms with E-state index < -0.39 is 0 Å². The molecule has 0 aliphatic carbocycles. The molecule has 1 aliphatic rings. The second-order valence-electron chi connectivity index (χ2n) is 3.51. The van der Waals surface area contributed by atoms with Crippen LogP contribution in [0.25, 0.3) is 0 Å². The van der Waals surface area contributed by atoms with Gasteiger partial charge in [-0.25, -0.2) is 0 Å². The van der Waals surface area contributed by atoms with Crippen LogP contribution in [-0.4, -0.2) is 30.6 Å². The maximum atomic E-state index is 5.81. The van der Waals surface area contributed by atoms with Crippen molar-refractivity contribution in [2.75, 3.05) is 19.6 Å². The Morgan fingerprint density at radius 1 is 1.54 bits per heavy atom. The van der Waals surface area contributed by atoms with Crippen LogP contribution in [0.2, 0.25) is 0 Å². The number of likely N-dealkylation sites (tertiary alicyclic amines) is 1. The lowest BCUT2D eigenvalue weighted by Crippen LogP contribution is -2.40. The summed E-state index contributed by atoms with van der Waals surface area (Å²) in [5.41, 5.74) is 5.81. The Bertz CT molecular complexity index is 193. The highest BCUT2D eigenvalue weighted by Gasteiger charge is 2.15. The fourth-order valence-electron chi connectivity index (χ4n) is 1.53. The van der Waals surface area contributed by atoms with Crippen LogP contribution >= 0.6 is 12.6 Å². The number of rotatable bonds is 3. The van der Waals surface area contributed by atoms with Gasteiger partial charge in [-0.2, -0.15) is 0 Å². The third-order valence-corrected chi connectivity index (χ3v) is 2.62. The smallest absolute Gasteiger partial charge is 0.0291 e. The van der Waals surface area contributed by atoms with Gasteiger partial charge in [-0.05, 0) is 30.8 Å². The van der Waals surface area contributed by atoms with E-state index in [9.17, 15) is 0 Å². The molecule has 2 nitrogen and oxygen atoms in total. The van der Waals surface area contributed by atoms with Crippen molar-refractivity contribution in [2.24, 2.45) is 5.73 Å². The molecule has 2 N–H and O–H groups in total. The average Bonchev–Trinajstić information content (AvgIpc) is 2.09. The summed E-state index contributed by atoms with van der Waals surface area (Å²) >= 11 is 4.36. The summed E-state index contributed by atoms with van der Waals surface area (Å²) in [5, 5.41) is 0. The van der Waals surface area contributed by atoms with E-state index in [1.54, 1.807) is 6.08 Å². The molecule has 74 valence electrons. The number of allylic oxidation sites excluding steroid dienone is 2. The van der Waals surface area contributed by atoms with Crippen molar-refractivity contribution in [1.29, 1.82) is 0 Å². The predicted octanol–water partition coefficient (Wildman–Crippen LogP) is 1.41. The highest BCUT2D eigenvalue weighted by Crippen LogP contribution is 2.11. The van der Waals surface area contributed by atoms with Crippen LogP contribution in [0.4, 0.5) is 0 Å². The van der Waals surface area contributed by atoms with E-state index in [-0.39, 0.29) is 0 Å². The number of hydrogen-bond acceptors (Lipinski definition) is 3. The minimum absolute atomic E-state index is 0.406. The lowest BCUT2D eigenvalue weighted by atomic mass is 10.1. The van der Waals surface area contributed by atoms with Crippen LogP contribution < -0.4 is 5.73 Å². The maximum absolute atomic E-state index is 5.81. The number of hydrogen-bond donors (Lipinski definition) is 2. The van der Waals surface area contributed by atoms with Gasteiger partial charge in [0.1, 0.15) is 0 Å². The quantitative estimate of drug-likeness (QED) is 0.530. The summed E-state index contributed by atoms with van der Waals surface area (Å²) in [4.78, 5) is 3.46. The molecule has 0 aromatic rings. The Labute approximate surface area is 85.9 Å². The van der Waals surface area contributed by atoms with Gasteiger partial charge in [0.2, 0.25) is 0 Å². The summed E-state index contributed by atoms with van der Waals surface area (Å²) in [6.45, 7) is 6.76. The van der Waals surface area contributed by atoms with Gasteiger partial charge in [-0.15, -0.1) is 12.6 Å². The summed E-state index contributed by atoms with van der Waals surface area (Å²) in [5.74, 6) is 0. The molecule has 0 atom stereocenters. The molecule has 0 saturated carbocycles. The number of nitrogens with zero attached hydrogens (tertiary/aromatic N) is 1. The third kappa shape index (κ3) is 3.98. The average molecular weight is 198 g/mol. The molecule has 13 heavy (non-hydrogen) atoms. The van der Waals surface area contributed by atoms with Gasteiger partial charge in [-0.1, -0.05) is 18.7 Å². The standard InChI is InChI=1S/C10H18N2S/c1-2-3-10(13)8-12-6-4-9(11)5-7-12/h2-3,9,13H,1,4-8,11H2/b10-3-. The number of piperidine rings is 1. The molecule has 1 fully saturated rings. The van der Waals surface area contributed by atoms with Crippen LogP contribution in [0, 0.1) is 0 Å². The van der Waals surface area contributed by atoms with E-state index in [4.69, 9.17) is 5.73 Å². The highest BCUT2D eigenvalue weighted by atomic mass is 32.1. The van der Waals surface area contributed by atoms with Gasteiger partial charge < -0.3 is 5.73 Å².